The van der Waals surface area contributed by atoms with E-state index in [1.165, 1.54) is 11.0 Å². The Labute approximate surface area is 129 Å². The van der Waals surface area contributed by atoms with Crippen LogP contribution in [0.2, 0.25) is 5.02 Å². The van der Waals surface area contributed by atoms with Crippen LogP contribution in [0.1, 0.15) is 20.3 Å². The van der Waals surface area contributed by atoms with Crippen LogP contribution in [0.4, 0.5) is 10.1 Å². The Kier molecular flexibility index (Phi) is 4.07. The lowest BCUT2D eigenvalue weighted by Gasteiger charge is -2.30. The summed E-state index contributed by atoms with van der Waals surface area (Å²) < 4.78 is 13.7. The van der Waals surface area contributed by atoms with Gasteiger partial charge in [-0.2, -0.15) is 0 Å². The highest BCUT2D eigenvalue weighted by Crippen LogP contribution is 2.36. The van der Waals surface area contributed by atoms with Gasteiger partial charge in [0.1, 0.15) is 11.4 Å². The molecule has 0 unspecified atom stereocenters. The Hall–Kier alpha value is -1.14. The first kappa shape index (κ1) is 15.3. The molecular weight excluding hydrogens is 351 g/mol. The minimum Gasteiger partial charge on any atom is -0.342 e. The third kappa shape index (κ3) is 2.81. The summed E-state index contributed by atoms with van der Waals surface area (Å²) in [5.74, 6) is -1.00. The molecule has 0 bridgehead atoms. The second-order valence-electron chi connectivity index (χ2n) is 5.10. The molecule has 1 aliphatic heterocycles. The molecule has 0 aliphatic carbocycles. The Balaban J connectivity index is 2.51. The molecule has 0 spiro atoms. The Morgan fingerprint density at radius 1 is 1.40 bits per heavy atom. The number of hydrogen-bond acceptors (Lipinski definition) is 2. The van der Waals surface area contributed by atoms with Crippen molar-refractivity contribution in [2.24, 2.45) is 0 Å². The average molecular weight is 364 g/mol. The van der Waals surface area contributed by atoms with Gasteiger partial charge in [0.2, 0.25) is 5.91 Å². The van der Waals surface area contributed by atoms with Gasteiger partial charge in [-0.05, 0) is 41.9 Å². The van der Waals surface area contributed by atoms with Crippen molar-refractivity contribution in [3.63, 3.8) is 0 Å². The summed E-state index contributed by atoms with van der Waals surface area (Å²) in [7, 11) is 0. The third-order valence-electron chi connectivity index (χ3n) is 3.05. The van der Waals surface area contributed by atoms with E-state index in [-0.39, 0.29) is 29.8 Å². The van der Waals surface area contributed by atoms with Crippen LogP contribution < -0.4 is 10.2 Å². The summed E-state index contributed by atoms with van der Waals surface area (Å²) in [5.41, 5.74) is -0.660. The van der Waals surface area contributed by atoms with Gasteiger partial charge in [0.25, 0.3) is 5.91 Å². The molecule has 0 aromatic heterocycles. The van der Waals surface area contributed by atoms with E-state index in [1.807, 2.05) is 0 Å². The second kappa shape index (κ2) is 5.33. The molecule has 1 aliphatic rings. The van der Waals surface area contributed by atoms with Crippen LogP contribution in [-0.2, 0) is 9.59 Å². The molecule has 1 saturated heterocycles. The van der Waals surface area contributed by atoms with Gasteiger partial charge in [-0.1, -0.05) is 11.6 Å². The molecule has 0 radical (unpaired) electrons. The van der Waals surface area contributed by atoms with Crippen LogP contribution in [0.5, 0.6) is 0 Å². The third-order valence-corrected chi connectivity index (χ3v) is 3.94. The normalized spacial score (nSPS) is 18.8. The minimum absolute atomic E-state index is 0.121. The monoisotopic (exact) mass is 362 g/mol. The van der Waals surface area contributed by atoms with Crippen molar-refractivity contribution >= 4 is 45.0 Å². The van der Waals surface area contributed by atoms with E-state index in [4.69, 9.17) is 11.6 Å². The number of nitrogens with one attached hydrogen (secondary N) is 1. The van der Waals surface area contributed by atoms with Crippen molar-refractivity contribution in [2.75, 3.05) is 11.4 Å². The molecule has 1 fully saturated rings. The summed E-state index contributed by atoms with van der Waals surface area (Å²) in [6.07, 6.45) is 0.162. The number of amides is 2. The maximum Gasteiger partial charge on any atom is 0.252 e. The SMILES string of the molecule is CC1(C)NC(=O)CCN(c2c(Cl)cc(F)cc2Br)C1=O. The molecule has 20 heavy (non-hydrogen) atoms. The smallest absolute Gasteiger partial charge is 0.252 e. The minimum atomic E-state index is -1.04. The van der Waals surface area contributed by atoms with Crippen molar-refractivity contribution in [1.29, 1.82) is 0 Å². The van der Waals surface area contributed by atoms with E-state index >= 15 is 0 Å². The first-order chi connectivity index (χ1) is 9.22. The van der Waals surface area contributed by atoms with Gasteiger partial charge in [-0.3, -0.25) is 9.59 Å². The zero-order valence-electron chi connectivity index (χ0n) is 11.0. The van der Waals surface area contributed by atoms with Crippen molar-refractivity contribution in [2.45, 2.75) is 25.8 Å². The summed E-state index contributed by atoms with van der Waals surface area (Å²) in [6, 6.07) is 2.38. The second-order valence-corrected chi connectivity index (χ2v) is 6.36. The van der Waals surface area contributed by atoms with Gasteiger partial charge in [0, 0.05) is 17.4 Å². The number of nitrogens with zero attached hydrogens (tertiary/aromatic N) is 1. The van der Waals surface area contributed by atoms with E-state index < -0.39 is 11.4 Å². The van der Waals surface area contributed by atoms with Gasteiger partial charge in [0.05, 0.1) is 10.7 Å². The maximum absolute atomic E-state index is 13.3. The van der Waals surface area contributed by atoms with E-state index in [2.05, 4.69) is 21.2 Å². The highest BCUT2D eigenvalue weighted by Gasteiger charge is 2.38. The molecule has 4 nitrogen and oxygen atoms in total. The molecule has 7 heteroatoms. The molecule has 1 aromatic carbocycles. The molecule has 1 heterocycles. The Bertz CT molecular complexity index is 569. The average Bonchev–Trinajstić information content (AvgIpc) is 2.38. The first-order valence-electron chi connectivity index (χ1n) is 6.00. The van der Waals surface area contributed by atoms with Crippen LogP contribution >= 0.6 is 27.5 Å². The van der Waals surface area contributed by atoms with Crippen molar-refractivity contribution in [1.82, 2.24) is 5.32 Å². The van der Waals surface area contributed by atoms with Crippen molar-refractivity contribution in [3.8, 4) is 0 Å². The summed E-state index contributed by atoms with van der Waals surface area (Å²) in [4.78, 5) is 25.6. The Morgan fingerprint density at radius 3 is 2.65 bits per heavy atom. The zero-order valence-corrected chi connectivity index (χ0v) is 13.3. The highest BCUT2D eigenvalue weighted by atomic mass is 79.9. The van der Waals surface area contributed by atoms with Gasteiger partial charge in [-0.25, -0.2) is 4.39 Å². The number of carbonyl (C=O) groups is 2. The first-order valence-corrected chi connectivity index (χ1v) is 7.17. The fourth-order valence-electron chi connectivity index (χ4n) is 2.12. The molecule has 2 amide bonds. The van der Waals surface area contributed by atoms with Crippen LogP contribution in [0, 0.1) is 5.82 Å². The fraction of sp³-hybridized carbons (Fsp3) is 0.385. The summed E-state index contributed by atoms with van der Waals surface area (Å²) in [6.45, 7) is 3.44. The summed E-state index contributed by atoms with van der Waals surface area (Å²) in [5, 5.41) is 2.78. The van der Waals surface area contributed by atoms with E-state index in [0.717, 1.165) is 6.07 Å². The number of hydrogen-bond donors (Lipinski definition) is 1. The van der Waals surface area contributed by atoms with E-state index in [1.54, 1.807) is 13.8 Å². The zero-order chi connectivity index (χ0) is 15.1. The van der Waals surface area contributed by atoms with Crippen molar-refractivity contribution < 1.29 is 14.0 Å². The largest absolute Gasteiger partial charge is 0.342 e. The number of benzene rings is 1. The number of rotatable bonds is 1. The number of carbonyl (C=O) groups excluding carboxylic acids is 2. The van der Waals surface area contributed by atoms with Gasteiger partial charge in [0.15, 0.2) is 0 Å². The molecule has 108 valence electrons. The number of halogens is 3. The van der Waals surface area contributed by atoms with Crippen LogP contribution in [0.25, 0.3) is 0 Å². The molecule has 1 N–H and O–H groups in total. The lowest BCUT2D eigenvalue weighted by atomic mass is 10.0. The highest BCUT2D eigenvalue weighted by molar-refractivity contribution is 9.10. The molecule has 0 atom stereocenters. The molecular formula is C13H13BrClFN2O2. The Morgan fingerprint density at radius 2 is 2.05 bits per heavy atom. The van der Waals surface area contributed by atoms with Gasteiger partial charge >= 0.3 is 0 Å². The van der Waals surface area contributed by atoms with Crippen LogP contribution in [0.15, 0.2) is 16.6 Å². The predicted octanol–water partition coefficient (Wildman–Crippen LogP) is 2.87. The van der Waals surface area contributed by atoms with E-state index in [9.17, 15) is 14.0 Å². The molecule has 0 saturated carbocycles. The maximum atomic E-state index is 13.3. The molecule has 1 aromatic rings. The number of anilines is 1. The van der Waals surface area contributed by atoms with E-state index in [0.29, 0.717) is 10.2 Å². The van der Waals surface area contributed by atoms with Crippen molar-refractivity contribution in [3.05, 3.63) is 27.4 Å². The predicted molar refractivity (Wildman–Crippen MR) is 78.3 cm³/mol. The van der Waals surface area contributed by atoms with Crippen LogP contribution in [0.3, 0.4) is 0 Å². The fourth-order valence-corrected chi connectivity index (χ4v) is 3.19. The lowest BCUT2D eigenvalue weighted by molar-refractivity contribution is -0.128. The van der Waals surface area contributed by atoms with Crippen LogP contribution in [-0.4, -0.2) is 23.9 Å². The quantitative estimate of drug-likeness (QED) is 0.834. The topological polar surface area (TPSA) is 49.4 Å². The molecule has 2 rings (SSSR count). The standard InChI is InChI=1S/C13H13BrClFN2O2/c1-13(2)12(20)18(4-3-10(19)17-13)11-8(14)5-7(16)6-9(11)15/h5-6H,3-4H2,1-2H3,(H,17,19). The van der Waals surface area contributed by atoms with Gasteiger partial charge in [-0.15, -0.1) is 0 Å². The van der Waals surface area contributed by atoms with Gasteiger partial charge < -0.3 is 10.2 Å². The summed E-state index contributed by atoms with van der Waals surface area (Å²) >= 11 is 9.26. The lowest BCUT2D eigenvalue weighted by Crippen LogP contribution is -2.53.